The molecular weight excluding hydrogens is 224 g/mol. The highest BCUT2D eigenvalue weighted by molar-refractivity contribution is 5.93. The Labute approximate surface area is 95.2 Å². The normalized spacial score (nSPS) is 10.4. The smallest absolute Gasteiger partial charge is 0.338 e. The molecule has 88 valence electrons. The van der Waals surface area contributed by atoms with Crippen molar-refractivity contribution in [2.75, 3.05) is 6.61 Å². The van der Waals surface area contributed by atoms with Crippen molar-refractivity contribution in [1.29, 1.82) is 0 Å². The van der Waals surface area contributed by atoms with Gasteiger partial charge in [0.1, 0.15) is 0 Å². The minimum atomic E-state index is -0.608. The number of aromatic amines is 2. The van der Waals surface area contributed by atoms with Crippen LogP contribution in [0.1, 0.15) is 17.3 Å². The largest absolute Gasteiger partial charge is 0.462 e. The van der Waals surface area contributed by atoms with Gasteiger partial charge in [0.05, 0.1) is 23.1 Å². The summed E-state index contributed by atoms with van der Waals surface area (Å²) in [6.45, 7) is 1.97. The number of benzene rings is 1. The van der Waals surface area contributed by atoms with E-state index in [4.69, 9.17) is 4.74 Å². The van der Waals surface area contributed by atoms with Gasteiger partial charge in [-0.05, 0) is 25.1 Å². The Morgan fingerprint density at radius 1 is 1.29 bits per heavy atom. The molecule has 0 unspecified atom stereocenters. The van der Waals surface area contributed by atoms with Gasteiger partial charge in [0.25, 0.3) is 5.56 Å². The van der Waals surface area contributed by atoms with Crippen LogP contribution in [0.15, 0.2) is 27.8 Å². The molecule has 2 N–H and O–H groups in total. The molecule has 2 aromatic rings. The summed E-state index contributed by atoms with van der Waals surface area (Å²) in [4.78, 5) is 38.5. The summed E-state index contributed by atoms with van der Waals surface area (Å²) < 4.78 is 4.82. The summed E-state index contributed by atoms with van der Waals surface area (Å²) in [6, 6.07) is 4.37. The number of hydrogen-bond donors (Lipinski definition) is 2. The number of carbonyl (C=O) groups excluding carboxylic acids is 1. The molecule has 0 saturated heterocycles. The predicted molar refractivity (Wildman–Crippen MR) is 61.1 cm³/mol. The first-order valence-electron chi connectivity index (χ1n) is 5.05. The fourth-order valence-corrected chi connectivity index (χ4v) is 1.51. The zero-order valence-corrected chi connectivity index (χ0v) is 9.07. The van der Waals surface area contributed by atoms with Gasteiger partial charge in [-0.3, -0.25) is 9.78 Å². The lowest BCUT2D eigenvalue weighted by Gasteiger charge is -2.02. The average molecular weight is 234 g/mol. The molecule has 1 aromatic carbocycles. The number of hydrogen-bond acceptors (Lipinski definition) is 4. The highest BCUT2D eigenvalue weighted by Crippen LogP contribution is 2.09. The topological polar surface area (TPSA) is 92.0 Å². The second-order valence-electron chi connectivity index (χ2n) is 3.39. The monoisotopic (exact) mass is 234 g/mol. The van der Waals surface area contributed by atoms with Crippen molar-refractivity contribution in [2.24, 2.45) is 0 Å². The zero-order valence-electron chi connectivity index (χ0n) is 9.07. The lowest BCUT2D eigenvalue weighted by Crippen LogP contribution is -2.22. The van der Waals surface area contributed by atoms with Gasteiger partial charge < -0.3 is 9.72 Å². The lowest BCUT2D eigenvalue weighted by atomic mass is 10.1. The van der Waals surface area contributed by atoms with Crippen LogP contribution in [0.25, 0.3) is 10.9 Å². The van der Waals surface area contributed by atoms with Gasteiger partial charge in [0.15, 0.2) is 0 Å². The second kappa shape index (κ2) is 4.25. The molecule has 0 amide bonds. The summed E-state index contributed by atoms with van der Waals surface area (Å²) in [5.41, 5.74) is -0.493. The standard InChI is InChI=1S/C11H10N2O4/c1-2-17-10(15)6-3-4-7-8(5-6)12-11(16)13-9(7)14/h3-5H,2H2,1H3,(H2,12,13,14,16). The van der Waals surface area contributed by atoms with E-state index in [1.54, 1.807) is 6.92 Å². The molecule has 17 heavy (non-hydrogen) atoms. The first kappa shape index (κ1) is 11.1. The molecule has 0 saturated carbocycles. The van der Waals surface area contributed by atoms with E-state index >= 15 is 0 Å². The number of rotatable bonds is 2. The van der Waals surface area contributed by atoms with Crippen LogP contribution in [0.2, 0.25) is 0 Å². The first-order valence-corrected chi connectivity index (χ1v) is 5.05. The number of aromatic nitrogens is 2. The number of H-pyrrole nitrogens is 2. The zero-order chi connectivity index (χ0) is 12.4. The molecule has 0 aliphatic heterocycles. The Morgan fingerprint density at radius 2 is 2.06 bits per heavy atom. The summed E-state index contributed by atoms with van der Waals surface area (Å²) >= 11 is 0. The first-order chi connectivity index (χ1) is 8.11. The van der Waals surface area contributed by atoms with Crippen molar-refractivity contribution in [1.82, 2.24) is 9.97 Å². The van der Waals surface area contributed by atoms with E-state index in [0.717, 1.165) is 0 Å². The number of ether oxygens (including phenoxy) is 1. The second-order valence-corrected chi connectivity index (χ2v) is 3.39. The van der Waals surface area contributed by atoms with Crippen molar-refractivity contribution in [3.63, 3.8) is 0 Å². The molecule has 1 aromatic heterocycles. The van der Waals surface area contributed by atoms with E-state index in [0.29, 0.717) is 16.5 Å². The van der Waals surface area contributed by atoms with Crippen LogP contribution in [0.5, 0.6) is 0 Å². The van der Waals surface area contributed by atoms with Gasteiger partial charge in [-0.2, -0.15) is 0 Å². The van der Waals surface area contributed by atoms with Crippen molar-refractivity contribution in [2.45, 2.75) is 6.92 Å². The van der Waals surface area contributed by atoms with Crippen LogP contribution in [0, 0.1) is 0 Å². The molecule has 2 rings (SSSR count). The lowest BCUT2D eigenvalue weighted by molar-refractivity contribution is 0.0526. The highest BCUT2D eigenvalue weighted by atomic mass is 16.5. The Hall–Kier alpha value is -2.37. The minimum Gasteiger partial charge on any atom is -0.462 e. The van der Waals surface area contributed by atoms with Gasteiger partial charge in [0, 0.05) is 0 Å². The van der Waals surface area contributed by atoms with Crippen molar-refractivity contribution in [3.8, 4) is 0 Å². The maximum absolute atomic E-state index is 11.5. The molecule has 0 spiro atoms. The number of nitrogens with one attached hydrogen (secondary N) is 2. The molecule has 0 fully saturated rings. The molecule has 0 atom stereocenters. The SMILES string of the molecule is CCOC(=O)c1ccc2c(=O)[nH]c(=O)[nH]c2c1. The van der Waals surface area contributed by atoms with Crippen LogP contribution >= 0.6 is 0 Å². The predicted octanol–water partition coefficient (Wildman–Crippen LogP) is 0.393. The van der Waals surface area contributed by atoms with Gasteiger partial charge in [-0.15, -0.1) is 0 Å². The highest BCUT2D eigenvalue weighted by Gasteiger charge is 2.08. The van der Waals surface area contributed by atoms with E-state index in [9.17, 15) is 14.4 Å². The number of carbonyl (C=O) groups is 1. The number of fused-ring (bicyclic) bond motifs is 1. The van der Waals surface area contributed by atoms with E-state index < -0.39 is 17.2 Å². The van der Waals surface area contributed by atoms with Gasteiger partial charge in [0.2, 0.25) is 0 Å². The Bertz CT molecular complexity index is 684. The molecule has 0 aliphatic rings. The van der Waals surface area contributed by atoms with E-state index in [2.05, 4.69) is 9.97 Å². The summed E-state index contributed by atoms with van der Waals surface area (Å²) in [5, 5.41) is 0.317. The van der Waals surface area contributed by atoms with Crippen LogP contribution < -0.4 is 11.2 Å². The third-order valence-electron chi connectivity index (χ3n) is 2.25. The molecule has 6 nitrogen and oxygen atoms in total. The van der Waals surface area contributed by atoms with Crippen LogP contribution in [0.3, 0.4) is 0 Å². The maximum Gasteiger partial charge on any atom is 0.338 e. The Balaban J connectivity index is 2.62. The third-order valence-corrected chi connectivity index (χ3v) is 2.25. The molecule has 6 heteroatoms. The fraction of sp³-hybridized carbons (Fsp3) is 0.182. The quantitative estimate of drug-likeness (QED) is 0.735. The van der Waals surface area contributed by atoms with Crippen LogP contribution in [-0.2, 0) is 4.74 Å². The van der Waals surface area contributed by atoms with E-state index in [1.807, 2.05) is 0 Å². The Morgan fingerprint density at radius 3 is 2.76 bits per heavy atom. The fourth-order valence-electron chi connectivity index (χ4n) is 1.51. The van der Waals surface area contributed by atoms with Gasteiger partial charge in [-0.25, -0.2) is 9.59 Å². The van der Waals surface area contributed by atoms with E-state index in [1.165, 1.54) is 18.2 Å². The Kier molecular flexibility index (Phi) is 2.78. The minimum absolute atomic E-state index is 0.267. The summed E-state index contributed by atoms with van der Waals surface area (Å²) in [6.07, 6.45) is 0. The van der Waals surface area contributed by atoms with Crippen molar-refractivity contribution >= 4 is 16.9 Å². The van der Waals surface area contributed by atoms with Gasteiger partial charge >= 0.3 is 11.7 Å². The summed E-state index contributed by atoms with van der Waals surface area (Å²) in [5.74, 6) is -0.490. The molecule has 0 radical (unpaired) electrons. The number of esters is 1. The third kappa shape index (κ3) is 2.10. The molecule has 0 aliphatic carbocycles. The van der Waals surface area contributed by atoms with Crippen LogP contribution in [-0.4, -0.2) is 22.5 Å². The maximum atomic E-state index is 11.5. The average Bonchev–Trinajstić information content (AvgIpc) is 2.28. The van der Waals surface area contributed by atoms with Crippen molar-refractivity contribution < 1.29 is 9.53 Å². The van der Waals surface area contributed by atoms with Crippen molar-refractivity contribution in [3.05, 3.63) is 44.6 Å². The van der Waals surface area contributed by atoms with E-state index in [-0.39, 0.29) is 6.61 Å². The van der Waals surface area contributed by atoms with Gasteiger partial charge in [-0.1, -0.05) is 0 Å². The summed E-state index contributed by atoms with van der Waals surface area (Å²) in [7, 11) is 0. The molecule has 1 heterocycles. The molecule has 0 bridgehead atoms. The molecular formula is C11H10N2O4. The van der Waals surface area contributed by atoms with Crippen LogP contribution in [0.4, 0.5) is 0 Å².